The number of fused-ring (bicyclic) bond motifs is 1. The topological polar surface area (TPSA) is 81.4 Å². The summed E-state index contributed by atoms with van der Waals surface area (Å²) in [4.78, 5) is 26.7. The van der Waals surface area contributed by atoms with Gasteiger partial charge in [0.05, 0.1) is 16.1 Å². The maximum atomic E-state index is 13.1. The zero-order valence-corrected chi connectivity index (χ0v) is 16.4. The van der Waals surface area contributed by atoms with E-state index in [1.54, 1.807) is 18.2 Å². The van der Waals surface area contributed by atoms with Gasteiger partial charge in [-0.15, -0.1) is 11.3 Å². The Morgan fingerprint density at radius 2 is 2.00 bits per heavy atom. The van der Waals surface area contributed by atoms with Gasteiger partial charge in [0, 0.05) is 17.0 Å². The van der Waals surface area contributed by atoms with E-state index >= 15 is 0 Å². The highest BCUT2D eigenvalue weighted by Crippen LogP contribution is 2.35. The van der Waals surface area contributed by atoms with E-state index < -0.39 is 11.6 Å². The molecule has 0 saturated carbocycles. The van der Waals surface area contributed by atoms with E-state index in [2.05, 4.69) is 5.32 Å². The number of thiophene rings is 1. The van der Waals surface area contributed by atoms with Gasteiger partial charge in [-0.05, 0) is 57.9 Å². The monoisotopic (exact) mass is 372 g/mol. The molecule has 3 rings (SSSR count). The molecule has 0 fully saturated rings. The Morgan fingerprint density at radius 3 is 2.69 bits per heavy atom. The summed E-state index contributed by atoms with van der Waals surface area (Å²) in [5.41, 5.74) is 8.84. The minimum absolute atomic E-state index is 0.133. The fourth-order valence-electron chi connectivity index (χ4n) is 3.07. The summed E-state index contributed by atoms with van der Waals surface area (Å²) >= 11 is 1.46. The Morgan fingerprint density at radius 1 is 1.27 bits per heavy atom. The van der Waals surface area contributed by atoms with Crippen molar-refractivity contribution in [2.75, 3.05) is 12.3 Å². The van der Waals surface area contributed by atoms with Gasteiger partial charge in [0.1, 0.15) is 5.60 Å². The number of carbonyl (C=O) groups excluding carboxylic acids is 2. The fraction of sp³-hybridized carbons (Fsp3) is 0.400. The molecular weight excluding hydrogens is 348 g/mol. The smallest absolute Gasteiger partial charge is 0.338 e. The molecule has 0 unspecified atom stereocenters. The lowest BCUT2D eigenvalue weighted by atomic mass is 9.94. The maximum Gasteiger partial charge on any atom is 0.338 e. The van der Waals surface area contributed by atoms with Gasteiger partial charge in [0.25, 0.3) is 0 Å². The quantitative estimate of drug-likeness (QED) is 0.637. The van der Waals surface area contributed by atoms with E-state index in [9.17, 15) is 9.59 Å². The predicted molar refractivity (Wildman–Crippen MR) is 104 cm³/mol. The van der Waals surface area contributed by atoms with Crippen LogP contribution in [-0.2, 0) is 17.7 Å². The van der Waals surface area contributed by atoms with Crippen LogP contribution in [-0.4, -0.2) is 23.9 Å². The molecule has 1 aliphatic heterocycles. The highest BCUT2D eigenvalue weighted by molar-refractivity contribution is 7.16. The third-order valence-corrected chi connectivity index (χ3v) is 5.36. The molecule has 1 aromatic heterocycles. The Balaban J connectivity index is 1.98. The van der Waals surface area contributed by atoms with Crippen LogP contribution in [0.4, 0.5) is 5.00 Å². The van der Waals surface area contributed by atoms with E-state index in [0.29, 0.717) is 21.7 Å². The van der Waals surface area contributed by atoms with Crippen molar-refractivity contribution in [2.45, 2.75) is 46.3 Å². The van der Waals surface area contributed by atoms with Gasteiger partial charge in [-0.25, -0.2) is 4.79 Å². The average molecular weight is 372 g/mol. The van der Waals surface area contributed by atoms with Crippen molar-refractivity contribution in [3.8, 4) is 0 Å². The molecule has 3 N–H and O–H groups in total. The molecule has 1 aliphatic rings. The van der Waals surface area contributed by atoms with Gasteiger partial charge >= 0.3 is 5.97 Å². The second kappa shape index (κ2) is 6.85. The van der Waals surface area contributed by atoms with Crippen molar-refractivity contribution in [1.82, 2.24) is 5.32 Å². The fourth-order valence-corrected chi connectivity index (χ4v) is 4.15. The summed E-state index contributed by atoms with van der Waals surface area (Å²) in [6.07, 6.45) is 0.787. The van der Waals surface area contributed by atoms with Crippen LogP contribution >= 0.6 is 11.3 Å². The van der Waals surface area contributed by atoms with Crippen molar-refractivity contribution in [3.05, 3.63) is 50.9 Å². The minimum Gasteiger partial charge on any atom is -0.456 e. The van der Waals surface area contributed by atoms with Crippen LogP contribution in [0.15, 0.2) is 18.2 Å². The predicted octanol–water partition coefficient (Wildman–Crippen LogP) is 3.47. The SMILES string of the molecule is Cc1ccc(C(=O)c2c(N)sc3c2CCNC3)cc1C(=O)OC(C)(C)C. The van der Waals surface area contributed by atoms with Crippen LogP contribution in [0.5, 0.6) is 0 Å². The molecule has 5 nitrogen and oxygen atoms in total. The largest absolute Gasteiger partial charge is 0.456 e. The first-order chi connectivity index (χ1) is 12.2. The molecule has 138 valence electrons. The van der Waals surface area contributed by atoms with Crippen LogP contribution in [0.2, 0.25) is 0 Å². The van der Waals surface area contributed by atoms with Crippen molar-refractivity contribution in [3.63, 3.8) is 0 Å². The van der Waals surface area contributed by atoms with E-state index in [0.717, 1.165) is 35.5 Å². The summed E-state index contributed by atoms with van der Waals surface area (Å²) in [7, 11) is 0. The number of carbonyl (C=O) groups is 2. The Bertz CT molecular complexity index is 878. The number of nitrogens with one attached hydrogen (secondary N) is 1. The van der Waals surface area contributed by atoms with Gasteiger partial charge < -0.3 is 15.8 Å². The third kappa shape index (κ3) is 3.66. The Labute approximate surface area is 157 Å². The van der Waals surface area contributed by atoms with Gasteiger partial charge in [-0.3, -0.25) is 4.79 Å². The van der Waals surface area contributed by atoms with Crippen LogP contribution in [0.25, 0.3) is 0 Å². The first-order valence-electron chi connectivity index (χ1n) is 8.67. The summed E-state index contributed by atoms with van der Waals surface area (Å²) < 4.78 is 5.46. The number of nitrogen functional groups attached to an aromatic ring is 1. The highest BCUT2D eigenvalue weighted by Gasteiger charge is 2.26. The molecule has 0 aliphatic carbocycles. The minimum atomic E-state index is -0.590. The van der Waals surface area contributed by atoms with Gasteiger partial charge in [0.15, 0.2) is 5.78 Å². The molecule has 26 heavy (non-hydrogen) atoms. The summed E-state index contributed by atoms with van der Waals surface area (Å²) in [6.45, 7) is 8.87. The molecule has 0 bridgehead atoms. The van der Waals surface area contributed by atoms with E-state index in [1.165, 1.54) is 11.3 Å². The number of aryl methyl sites for hydroxylation is 1. The second-order valence-corrected chi connectivity index (χ2v) is 8.67. The molecule has 1 aromatic carbocycles. The Kier molecular flexibility index (Phi) is 4.90. The molecule has 6 heteroatoms. The van der Waals surface area contributed by atoms with Gasteiger partial charge in [-0.1, -0.05) is 12.1 Å². The lowest BCUT2D eigenvalue weighted by molar-refractivity contribution is 0.00687. The summed E-state index contributed by atoms with van der Waals surface area (Å²) in [5.74, 6) is -0.555. The maximum absolute atomic E-state index is 13.1. The molecule has 0 spiro atoms. The number of nitrogens with two attached hydrogens (primary N) is 1. The molecule has 0 atom stereocenters. The standard InChI is InChI=1S/C20H24N2O3S/c1-11-5-6-12(9-14(11)19(24)25-20(2,3)4)17(23)16-13-7-8-22-10-15(13)26-18(16)21/h5-6,9,22H,7-8,10,21H2,1-4H3. The van der Waals surface area contributed by atoms with Crippen LogP contribution < -0.4 is 11.1 Å². The van der Waals surface area contributed by atoms with Crippen molar-refractivity contribution in [1.29, 1.82) is 0 Å². The lowest BCUT2D eigenvalue weighted by Gasteiger charge is -2.20. The van der Waals surface area contributed by atoms with Crippen molar-refractivity contribution in [2.24, 2.45) is 0 Å². The normalized spacial score (nSPS) is 14.0. The Hall–Kier alpha value is -2.18. The number of hydrogen-bond acceptors (Lipinski definition) is 6. The van der Waals surface area contributed by atoms with Crippen molar-refractivity contribution >= 4 is 28.1 Å². The molecule has 2 heterocycles. The average Bonchev–Trinajstić information content (AvgIpc) is 2.88. The molecular formula is C20H24N2O3S. The van der Waals surface area contributed by atoms with E-state index in [4.69, 9.17) is 10.5 Å². The zero-order valence-electron chi connectivity index (χ0n) is 15.6. The number of benzene rings is 1. The van der Waals surface area contributed by atoms with Crippen molar-refractivity contribution < 1.29 is 14.3 Å². The number of ether oxygens (including phenoxy) is 1. The van der Waals surface area contributed by atoms with Gasteiger partial charge in [-0.2, -0.15) is 0 Å². The molecule has 2 aromatic rings. The lowest BCUT2D eigenvalue weighted by Crippen LogP contribution is -2.25. The number of ketones is 1. The number of rotatable bonds is 3. The number of esters is 1. The van der Waals surface area contributed by atoms with Gasteiger partial charge in [0.2, 0.25) is 0 Å². The van der Waals surface area contributed by atoms with Crippen LogP contribution in [0.3, 0.4) is 0 Å². The zero-order chi connectivity index (χ0) is 19.1. The number of anilines is 1. The molecule has 0 amide bonds. The molecule has 0 radical (unpaired) electrons. The highest BCUT2D eigenvalue weighted by atomic mass is 32.1. The van der Waals surface area contributed by atoms with E-state index in [1.807, 2.05) is 27.7 Å². The van der Waals surface area contributed by atoms with E-state index in [-0.39, 0.29) is 5.78 Å². The first kappa shape index (κ1) is 18.6. The summed E-state index contributed by atoms with van der Waals surface area (Å²) in [6, 6.07) is 5.15. The van der Waals surface area contributed by atoms with Crippen LogP contribution in [0, 0.1) is 6.92 Å². The third-order valence-electron chi connectivity index (χ3n) is 4.30. The summed E-state index contributed by atoms with van der Waals surface area (Å²) in [5, 5.41) is 3.84. The first-order valence-corrected chi connectivity index (χ1v) is 9.48. The van der Waals surface area contributed by atoms with Crippen LogP contribution in [0.1, 0.15) is 63.1 Å². The second-order valence-electron chi connectivity index (χ2n) is 7.53. The molecule has 0 saturated heterocycles. The number of hydrogen-bond donors (Lipinski definition) is 2.